The fraction of sp³-hybridized carbons (Fsp3) is 0.526. The van der Waals surface area contributed by atoms with Gasteiger partial charge in [-0.1, -0.05) is 18.2 Å². The molecule has 7 heteroatoms. The molecule has 0 saturated carbocycles. The summed E-state index contributed by atoms with van der Waals surface area (Å²) in [4.78, 5) is 4.29. The van der Waals surface area contributed by atoms with Gasteiger partial charge in [0, 0.05) is 43.2 Å². The van der Waals surface area contributed by atoms with Gasteiger partial charge in [-0.3, -0.25) is 4.99 Å². The number of aliphatic hydroxyl groups excluding tert-OH is 1. The molecule has 1 aromatic heterocycles. The number of furan rings is 1. The molecule has 0 aliphatic carbocycles. The molecule has 0 amide bonds. The number of rotatable bonds is 6. The van der Waals surface area contributed by atoms with E-state index in [1.54, 1.807) is 7.05 Å². The lowest BCUT2D eigenvalue weighted by molar-refractivity contribution is 0.127. The average molecular weight is 473 g/mol. The molecular weight excluding hydrogens is 445 g/mol. The van der Waals surface area contributed by atoms with Crippen LogP contribution in [0.5, 0.6) is 0 Å². The summed E-state index contributed by atoms with van der Waals surface area (Å²) in [7, 11) is 1.75. The largest absolute Gasteiger partial charge is 0.459 e. The number of guanidine groups is 1. The first-order valence-electron chi connectivity index (χ1n) is 8.77. The molecule has 1 aromatic carbocycles. The lowest BCUT2D eigenvalue weighted by atomic mass is 9.84. The molecule has 3 N–H and O–H groups in total. The van der Waals surface area contributed by atoms with Gasteiger partial charge in [0.2, 0.25) is 0 Å². The number of nitrogens with one attached hydrogen (secondary N) is 2. The van der Waals surface area contributed by atoms with Crippen LogP contribution >= 0.6 is 24.0 Å². The van der Waals surface area contributed by atoms with Crippen molar-refractivity contribution in [2.24, 2.45) is 10.4 Å². The van der Waals surface area contributed by atoms with E-state index in [1.165, 1.54) is 0 Å². The van der Waals surface area contributed by atoms with E-state index in [0.717, 1.165) is 54.2 Å². The van der Waals surface area contributed by atoms with Crippen LogP contribution in [0.1, 0.15) is 24.2 Å². The monoisotopic (exact) mass is 473 g/mol. The predicted octanol–water partition coefficient (Wildman–Crippen LogP) is 2.81. The Bertz CT molecular complexity index is 739. The van der Waals surface area contributed by atoms with Gasteiger partial charge in [0.15, 0.2) is 5.96 Å². The summed E-state index contributed by atoms with van der Waals surface area (Å²) >= 11 is 0. The van der Waals surface area contributed by atoms with Crippen molar-refractivity contribution in [1.82, 2.24) is 10.6 Å². The Balaban J connectivity index is 0.00000243. The molecule has 26 heavy (non-hydrogen) atoms. The van der Waals surface area contributed by atoms with Gasteiger partial charge < -0.3 is 24.9 Å². The summed E-state index contributed by atoms with van der Waals surface area (Å²) in [5.74, 6) is 1.64. The number of para-hydroxylation sites is 1. The predicted molar refractivity (Wildman–Crippen MR) is 114 cm³/mol. The Morgan fingerprint density at radius 1 is 1.31 bits per heavy atom. The number of ether oxygens (including phenoxy) is 1. The van der Waals surface area contributed by atoms with Gasteiger partial charge in [0.05, 0.1) is 13.2 Å². The van der Waals surface area contributed by atoms with E-state index in [0.29, 0.717) is 13.2 Å². The van der Waals surface area contributed by atoms with E-state index in [2.05, 4.69) is 28.6 Å². The fourth-order valence-corrected chi connectivity index (χ4v) is 3.36. The maximum Gasteiger partial charge on any atom is 0.191 e. The first-order chi connectivity index (χ1) is 12.2. The lowest BCUT2D eigenvalue weighted by Crippen LogP contribution is -2.44. The summed E-state index contributed by atoms with van der Waals surface area (Å²) in [5.41, 5.74) is 2.05. The molecule has 1 aliphatic heterocycles. The van der Waals surface area contributed by atoms with Gasteiger partial charge in [-0.2, -0.15) is 0 Å². The van der Waals surface area contributed by atoms with E-state index in [9.17, 15) is 5.11 Å². The average Bonchev–Trinajstić information content (AvgIpc) is 3.21. The molecule has 2 heterocycles. The lowest BCUT2D eigenvalue weighted by Gasteiger charge is -2.27. The Morgan fingerprint density at radius 2 is 2.12 bits per heavy atom. The third-order valence-electron chi connectivity index (χ3n) is 5.04. The minimum atomic E-state index is -0.0123. The topological polar surface area (TPSA) is 79.0 Å². The van der Waals surface area contributed by atoms with Gasteiger partial charge in [0.1, 0.15) is 11.3 Å². The second-order valence-electron chi connectivity index (χ2n) is 6.70. The van der Waals surface area contributed by atoms with Gasteiger partial charge >= 0.3 is 0 Å². The smallest absolute Gasteiger partial charge is 0.191 e. The maximum atomic E-state index is 9.32. The number of aryl methyl sites for hydroxylation is 1. The molecule has 0 spiro atoms. The van der Waals surface area contributed by atoms with Crippen molar-refractivity contribution < 1.29 is 14.3 Å². The highest BCUT2D eigenvalue weighted by Gasteiger charge is 2.34. The SMILES string of the molecule is CN=C(NCc1oc2ccccc2c1C)NCC1(CCO)CCOC1.I. The van der Waals surface area contributed by atoms with E-state index in [4.69, 9.17) is 9.15 Å². The molecule has 0 bridgehead atoms. The van der Waals surface area contributed by atoms with Crippen LogP contribution in [-0.2, 0) is 11.3 Å². The van der Waals surface area contributed by atoms with Crippen molar-refractivity contribution in [2.45, 2.75) is 26.3 Å². The van der Waals surface area contributed by atoms with Crippen molar-refractivity contribution in [3.05, 3.63) is 35.6 Å². The number of hydrogen-bond donors (Lipinski definition) is 3. The summed E-state index contributed by atoms with van der Waals surface area (Å²) in [6, 6.07) is 8.06. The summed E-state index contributed by atoms with van der Waals surface area (Å²) in [6.45, 7) is 4.99. The highest BCUT2D eigenvalue weighted by atomic mass is 127. The number of halogens is 1. The van der Waals surface area contributed by atoms with E-state index >= 15 is 0 Å². The normalized spacial score (nSPS) is 20.2. The van der Waals surface area contributed by atoms with Crippen LogP contribution in [0.2, 0.25) is 0 Å². The Labute approximate surface area is 171 Å². The molecule has 1 unspecified atom stereocenters. The molecule has 0 radical (unpaired) electrons. The fourth-order valence-electron chi connectivity index (χ4n) is 3.36. The van der Waals surface area contributed by atoms with Crippen LogP contribution in [0.4, 0.5) is 0 Å². The van der Waals surface area contributed by atoms with Crippen molar-refractivity contribution >= 4 is 40.9 Å². The van der Waals surface area contributed by atoms with Gasteiger partial charge in [-0.15, -0.1) is 24.0 Å². The number of aliphatic imine (C=N–C) groups is 1. The van der Waals surface area contributed by atoms with Crippen LogP contribution in [0.3, 0.4) is 0 Å². The molecule has 1 atom stereocenters. The maximum absolute atomic E-state index is 9.32. The molecule has 1 fully saturated rings. The van der Waals surface area contributed by atoms with E-state index < -0.39 is 0 Å². The van der Waals surface area contributed by atoms with Crippen LogP contribution in [0, 0.1) is 12.3 Å². The van der Waals surface area contributed by atoms with Crippen LogP contribution in [0.15, 0.2) is 33.7 Å². The highest BCUT2D eigenvalue weighted by Crippen LogP contribution is 2.31. The third-order valence-corrected chi connectivity index (χ3v) is 5.04. The molecular formula is C19H28IN3O3. The number of aliphatic hydroxyl groups is 1. The molecule has 2 aromatic rings. The van der Waals surface area contributed by atoms with Crippen molar-refractivity contribution in [1.29, 1.82) is 0 Å². The second-order valence-corrected chi connectivity index (χ2v) is 6.70. The molecule has 144 valence electrons. The number of nitrogens with zero attached hydrogens (tertiary/aromatic N) is 1. The zero-order valence-electron chi connectivity index (χ0n) is 15.4. The zero-order valence-corrected chi connectivity index (χ0v) is 17.7. The van der Waals surface area contributed by atoms with Crippen molar-refractivity contribution in [3.8, 4) is 0 Å². The van der Waals surface area contributed by atoms with E-state index in [1.807, 2.05) is 18.2 Å². The first kappa shape index (κ1) is 21.0. The molecule has 6 nitrogen and oxygen atoms in total. The summed E-state index contributed by atoms with van der Waals surface area (Å²) in [6.07, 6.45) is 1.69. The Morgan fingerprint density at radius 3 is 2.77 bits per heavy atom. The number of fused-ring (bicyclic) bond motifs is 1. The van der Waals surface area contributed by atoms with Crippen LogP contribution in [-0.4, -0.2) is 44.5 Å². The quantitative estimate of drug-likeness (QED) is 0.342. The number of benzene rings is 1. The molecule has 1 saturated heterocycles. The van der Waals surface area contributed by atoms with Crippen LogP contribution in [0.25, 0.3) is 11.0 Å². The number of hydrogen-bond acceptors (Lipinski definition) is 4. The standard InChI is InChI=1S/C19H27N3O3.HI/c1-14-15-5-3-4-6-16(15)25-17(14)11-21-18(20-2)22-12-19(7-9-23)8-10-24-13-19;/h3-6,23H,7-13H2,1-2H3,(H2,20,21,22);1H. The van der Waals surface area contributed by atoms with Crippen molar-refractivity contribution in [3.63, 3.8) is 0 Å². The Hall–Kier alpha value is -1.32. The van der Waals surface area contributed by atoms with Crippen molar-refractivity contribution in [2.75, 3.05) is 33.4 Å². The summed E-state index contributed by atoms with van der Waals surface area (Å²) in [5, 5.41) is 17.1. The zero-order chi connectivity index (χ0) is 17.7. The Kier molecular flexibility index (Phi) is 7.72. The second kappa shape index (κ2) is 9.57. The van der Waals surface area contributed by atoms with Gasteiger partial charge in [0.25, 0.3) is 0 Å². The molecule has 3 rings (SSSR count). The minimum Gasteiger partial charge on any atom is -0.459 e. The highest BCUT2D eigenvalue weighted by molar-refractivity contribution is 14.0. The minimum absolute atomic E-state index is 0. The van der Waals surface area contributed by atoms with Gasteiger partial charge in [-0.25, -0.2) is 0 Å². The third kappa shape index (κ3) is 4.69. The molecule has 1 aliphatic rings. The first-order valence-corrected chi connectivity index (χ1v) is 8.77. The van der Waals surface area contributed by atoms with Crippen LogP contribution < -0.4 is 10.6 Å². The van der Waals surface area contributed by atoms with E-state index in [-0.39, 0.29) is 36.0 Å². The van der Waals surface area contributed by atoms with Gasteiger partial charge in [-0.05, 0) is 25.8 Å². The summed E-state index contributed by atoms with van der Waals surface area (Å²) < 4.78 is 11.5.